The lowest BCUT2D eigenvalue weighted by atomic mass is 9.98. The molecule has 0 aliphatic rings. The number of nitrogens with zero attached hydrogens (tertiary/aromatic N) is 2. The topological polar surface area (TPSA) is 25.8 Å². The van der Waals surface area contributed by atoms with Crippen LogP contribution in [0.2, 0.25) is 0 Å². The molecule has 0 spiro atoms. The van der Waals surface area contributed by atoms with Crippen molar-refractivity contribution in [1.29, 1.82) is 0 Å². The van der Waals surface area contributed by atoms with Crippen LogP contribution in [0.5, 0.6) is 0 Å². The van der Waals surface area contributed by atoms with E-state index >= 15 is 0 Å². The molecule has 0 N–H and O–H groups in total. The number of rotatable bonds is 4. The van der Waals surface area contributed by atoms with Crippen molar-refractivity contribution in [1.82, 2.24) is 9.97 Å². The van der Waals surface area contributed by atoms with E-state index < -0.39 is 0 Å². The average Bonchev–Trinajstić information content (AvgIpc) is 3.35. The van der Waals surface area contributed by atoms with Gasteiger partial charge in [0, 0.05) is 33.3 Å². The fourth-order valence-corrected chi connectivity index (χ4v) is 4.19. The summed E-state index contributed by atoms with van der Waals surface area (Å²) < 4.78 is 0. The highest BCUT2D eigenvalue weighted by molar-refractivity contribution is 7.12. The minimum absolute atomic E-state index is 0.967. The maximum Gasteiger partial charge on any atom is 0.0723 e. The van der Waals surface area contributed by atoms with Crippen LogP contribution < -0.4 is 0 Å². The van der Waals surface area contributed by atoms with E-state index in [1.54, 1.807) is 22.7 Å². The Labute approximate surface area is 148 Å². The molecule has 0 saturated carbocycles. The van der Waals surface area contributed by atoms with Crippen LogP contribution >= 0.6 is 22.7 Å². The first-order valence-corrected chi connectivity index (χ1v) is 9.34. The molecular formula is C20H14N2S2. The maximum atomic E-state index is 4.62. The van der Waals surface area contributed by atoms with E-state index in [4.69, 9.17) is 0 Å². The second kappa shape index (κ2) is 6.91. The van der Waals surface area contributed by atoms with Gasteiger partial charge in [-0.1, -0.05) is 24.3 Å². The van der Waals surface area contributed by atoms with Crippen LogP contribution in [0, 0.1) is 0 Å². The van der Waals surface area contributed by atoms with Crippen molar-refractivity contribution in [2.24, 2.45) is 0 Å². The van der Waals surface area contributed by atoms with Gasteiger partial charge in [0.1, 0.15) is 0 Å². The van der Waals surface area contributed by atoms with Gasteiger partial charge in [0.2, 0.25) is 0 Å². The molecule has 0 atom stereocenters. The van der Waals surface area contributed by atoms with Crippen molar-refractivity contribution in [3.05, 3.63) is 105 Å². The first-order chi connectivity index (χ1) is 11.9. The predicted octanol–water partition coefficient (Wildman–Crippen LogP) is 5.61. The predicted molar refractivity (Wildman–Crippen MR) is 102 cm³/mol. The van der Waals surface area contributed by atoms with E-state index in [1.807, 2.05) is 36.7 Å². The van der Waals surface area contributed by atoms with Crippen LogP contribution in [0.3, 0.4) is 0 Å². The van der Waals surface area contributed by atoms with Gasteiger partial charge in [-0.15, -0.1) is 22.7 Å². The van der Waals surface area contributed by atoms with E-state index in [2.05, 4.69) is 57.1 Å². The van der Waals surface area contributed by atoms with Crippen molar-refractivity contribution in [3.63, 3.8) is 0 Å². The largest absolute Gasteiger partial charge is 0.256 e. The van der Waals surface area contributed by atoms with Crippen molar-refractivity contribution in [2.75, 3.05) is 0 Å². The minimum Gasteiger partial charge on any atom is -0.256 e. The molecular weight excluding hydrogens is 332 g/mol. The molecule has 0 aliphatic carbocycles. The zero-order valence-electron chi connectivity index (χ0n) is 12.8. The van der Waals surface area contributed by atoms with Crippen molar-refractivity contribution < 1.29 is 0 Å². The van der Waals surface area contributed by atoms with Gasteiger partial charge in [-0.05, 0) is 47.2 Å². The Hall–Kier alpha value is -2.56. The molecule has 4 rings (SSSR count). The van der Waals surface area contributed by atoms with Gasteiger partial charge >= 0.3 is 0 Å². The van der Waals surface area contributed by atoms with Crippen LogP contribution in [0.25, 0.3) is 11.1 Å². The number of hydrogen-bond acceptors (Lipinski definition) is 4. The number of hydrogen-bond donors (Lipinski definition) is 0. The molecule has 4 heterocycles. The molecule has 0 aromatic carbocycles. The highest BCUT2D eigenvalue weighted by atomic mass is 32.1. The Bertz CT molecular complexity index is 846. The first kappa shape index (κ1) is 15.0. The lowest BCUT2D eigenvalue weighted by molar-refractivity contribution is 1.26. The van der Waals surface area contributed by atoms with Crippen LogP contribution in [0.15, 0.2) is 83.8 Å². The van der Waals surface area contributed by atoms with Crippen LogP contribution in [0.4, 0.5) is 0 Å². The third-order valence-corrected chi connectivity index (χ3v) is 5.40. The summed E-state index contributed by atoms with van der Waals surface area (Å²) in [6.45, 7) is 0. The quantitative estimate of drug-likeness (QED) is 0.480. The van der Waals surface area contributed by atoms with Crippen LogP contribution in [0.1, 0.15) is 21.1 Å². The molecule has 0 unspecified atom stereocenters. The molecule has 0 bridgehead atoms. The van der Waals surface area contributed by atoms with E-state index in [-0.39, 0.29) is 0 Å². The summed E-state index contributed by atoms with van der Waals surface area (Å²) in [7, 11) is 0. The van der Waals surface area contributed by atoms with Crippen LogP contribution in [-0.2, 0) is 0 Å². The third-order valence-electron chi connectivity index (χ3n) is 3.63. The normalized spacial score (nSPS) is 12.0. The summed E-state index contributed by atoms with van der Waals surface area (Å²) >= 11 is 3.45. The molecule has 4 heteroatoms. The molecule has 0 saturated heterocycles. The summed E-state index contributed by atoms with van der Waals surface area (Å²) in [6.07, 6.45) is 3.68. The zero-order valence-corrected chi connectivity index (χ0v) is 14.4. The number of thiophene rings is 2. The van der Waals surface area contributed by atoms with Gasteiger partial charge < -0.3 is 0 Å². The zero-order chi connectivity index (χ0) is 16.2. The van der Waals surface area contributed by atoms with Gasteiger partial charge in [-0.3, -0.25) is 9.97 Å². The molecule has 2 nitrogen and oxygen atoms in total. The molecule has 4 aromatic heterocycles. The second-order valence-electron chi connectivity index (χ2n) is 5.13. The molecule has 0 fully saturated rings. The SMILES string of the molecule is c1ccc(C(=C(c2ccccn2)c2cccs2)c2cccs2)nc1. The Kier molecular flexibility index (Phi) is 4.32. The van der Waals surface area contributed by atoms with E-state index in [9.17, 15) is 0 Å². The molecule has 0 radical (unpaired) electrons. The summed E-state index contributed by atoms with van der Waals surface area (Å²) in [5.41, 5.74) is 4.20. The van der Waals surface area contributed by atoms with Gasteiger partial charge in [-0.25, -0.2) is 0 Å². The molecule has 0 amide bonds. The van der Waals surface area contributed by atoms with Gasteiger partial charge in [-0.2, -0.15) is 0 Å². The Balaban J connectivity index is 2.07. The van der Waals surface area contributed by atoms with Crippen LogP contribution in [-0.4, -0.2) is 9.97 Å². The molecule has 4 aromatic rings. The van der Waals surface area contributed by atoms with Gasteiger partial charge in [0.15, 0.2) is 0 Å². The third kappa shape index (κ3) is 2.94. The van der Waals surface area contributed by atoms with Gasteiger partial charge in [0.25, 0.3) is 0 Å². The highest BCUT2D eigenvalue weighted by Gasteiger charge is 2.19. The summed E-state index contributed by atoms with van der Waals surface area (Å²) in [5.74, 6) is 0. The molecule has 24 heavy (non-hydrogen) atoms. The van der Waals surface area contributed by atoms with Crippen molar-refractivity contribution in [3.8, 4) is 0 Å². The van der Waals surface area contributed by atoms with Gasteiger partial charge in [0.05, 0.1) is 11.4 Å². The van der Waals surface area contributed by atoms with E-state index in [0.29, 0.717) is 0 Å². The monoisotopic (exact) mass is 346 g/mol. The Morgan fingerprint density at radius 1 is 0.583 bits per heavy atom. The average molecular weight is 346 g/mol. The fraction of sp³-hybridized carbons (Fsp3) is 0. The summed E-state index contributed by atoms with van der Waals surface area (Å²) in [6, 6.07) is 20.5. The van der Waals surface area contributed by atoms with Crippen molar-refractivity contribution in [2.45, 2.75) is 0 Å². The Morgan fingerprint density at radius 2 is 1.08 bits per heavy atom. The molecule has 116 valence electrons. The lowest BCUT2D eigenvalue weighted by Crippen LogP contribution is -1.97. The second-order valence-corrected chi connectivity index (χ2v) is 7.03. The lowest BCUT2D eigenvalue weighted by Gasteiger charge is -2.13. The minimum atomic E-state index is 0.967. The molecule has 0 aliphatic heterocycles. The van der Waals surface area contributed by atoms with Crippen molar-refractivity contribution >= 4 is 33.8 Å². The number of pyridine rings is 2. The standard InChI is InChI=1S/C20H14N2S2/c1-3-11-21-15(7-1)19(17-9-5-13-23-17)20(18-10-6-14-24-18)16-8-2-4-12-22-16/h1-14H. The summed E-state index contributed by atoms with van der Waals surface area (Å²) in [4.78, 5) is 11.6. The fourth-order valence-electron chi connectivity index (χ4n) is 2.62. The van der Waals surface area contributed by atoms with E-state index in [1.165, 1.54) is 9.75 Å². The first-order valence-electron chi connectivity index (χ1n) is 7.58. The number of aromatic nitrogens is 2. The smallest absolute Gasteiger partial charge is 0.0723 e. The van der Waals surface area contributed by atoms with E-state index in [0.717, 1.165) is 22.5 Å². The maximum absolute atomic E-state index is 4.62. The highest BCUT2D eigenvalue weighted by Crippen LogP contribution is 2.38. The Morgan fingerprint density at radius 3 is 1.42 bits per heavy atom. The summed E-state index contributed by atoms with van der Waals surface area (Å²) in [5, 5.41) is 4.20.